The molecule has 0 aliphatic carbocycles. The molecule has 0 spiro atoms. The van der Waals surface area contributed by atoms with Crippen molar-refractivity contribution in [3.63, 3.8) is 0 Å². The van der Waals surface area contributed by atoms with Crippen LogP contribution in [0.4, 0.5) is 0 Å². The topological polar surface area (TPSA) is 62.2 Å². The molecule has 1 N–H and O–H groups in total. The first kappa shape index (κ1) is 25.5. The maximum atomic E-state index is 12.3. The number of carbonyl (C=O) groups is 1. The number of hydrogen-bond donors (Lipinski definition) is 1. The largest absolute Gasteiger partial charge is 0.491 e. The summed E-state index contributed by atoms with van der Waals surface area (Å²) in [5, 5.41) is 13.2. The zero-order valence-electron chi connectivity index (χ0n) is 21.3. The molecule has 6 heteroatoms. The average molecular weight is 501 g/mol. The van der Waals surface area contributed by atoms with E-state index in [4.69, 9.17) is 9.47 Å². The fraction of sp³-hybridized carbons (Fsp3) is 0.387. The summed E-state index contributed by atoms with van der Waals surface area (Å²) < 4.78 is 11.2. The van der Waals surface area contributed by atoms with E-state index in [0.717, 1.165) is 31.5 Å². The molecule has 3 aromatic rings. The summed E-state index contributed by atoms with van der Waals surface area (Å²) in [4.78, 5) is 16.5. The molecule has 1 atom stereocenters. The number of piperidine rings is 1. The first-order valence-corrected chi connectivity index (χ1v) is 13.3. The summed E-state index contributed by atoms with van der Waals surface area (Å²) >= 11 is 0. The lowest BCUT2D eigenvalue weighted by molar-refractivity contribution is -0.129. The van der Waals surface area contributed by atoms with E-state index in [2.05, 4.69) is 47.4 Å². The smallest absolute Gasteiger partial charge is 0.246 e. The first-order valence-electron chi connectivity index (χ1n) is 13.3. The van der Waals surface area contributed by atoms with Gasteiger partial charge in [-0.2, -0.15) is 0 Å². The van der Waals surface area contributed by atoms with Gasteiger partial charge in [0.2, 0.25) is 5.91 Å². The monoisotopic (exact) mass is 500 g/mol. The Hall–Kier alpha value is -3.19. The Bertz CT molecular complexity index is 1210. The van der Waals surface area contributed by atoms with Crippen LogP contribution in [-0.4, -0.2) is 79.5 Å². The Kier molecular flexibility index (Phi) is 8.51. The molecule has 2 fully saturated rings. The standard InChI is InChI=1S/C31H36N2O4/c34-29(22-32-14-12-26(13-15-32)28-10-9-25-5-1-2-6-27(25)21-28)23-37-30-7-3-4-24(20-30)8-11-31(35)33-16-18-36-19-17-33/h1-11,20-21,26,29,34H,12-19,22-23H2. The third kappa shape index (κ3) is 6.98. The maximum Gasteiger partial charge on any atom is 0.246 e. The first-order chi connectivity index (χ1) is 18.1. The van der Waals surface area contributed by atoms with Crippen molar-refractivity contribution in [3.8, 4) is 5.75 Å². The number of fused-ring (bicyclic) bond motifs is 1. The summed E-state index contributed by atoms with van der Waals surface area (Å²) in [7, 11) is 0. The Balaban J connectivity index is 1.06. The third-order valence-corrected chi connectivity index (χ3v) is 7.34. The molecule has 1 unspecified atom stereocenters. The molecule has 3 aromatic carbocycles. The van der Waals surface area contributed by atoms with E-state index in [1.165, 1.54) is 16.3 Å². The highest BCUT2D eigenvalue weighted by Crippen LogP contribution is 2.30. The summed E-state index contributed by atoms with van der Waals surface area (Å²) in [5.74, 6) is 1.25. The van der Waals surface area contributed by atoms with Gasteiger partial charge in [0.05, 0.1) is 13.2 Å². The fourth-order valence-electron chi connectivity index (χ4n) is 5.22. The number of aliphatic hydroxyl groups excluding tert-OH is 1. The number of benzene rings is 3. The number of aliphatic hydroxyl groups is 1. The SMILES string of the molecule is O=C(C=Cc1cccc(OCC(O)CN2CCC(c3ccc4ccccc4c3)CC2)c1)N1CCOCC1. The second-order valence-electron chi connectivity index (χ2n) is 9.99. The Labute approximate surface area is 219 Å². The van der Waals surface area contributed by atoms with Crippen LogP contribution in [0.3, 0.4) is 0 Å². The van der Waals surface area contributed by atoms with Crippen LogP contribution in [0.15, 0.2) is 72.8 Å². The maximum absolute atomic E-state index is 12.3. The summed E-state index contributed by atoms with van der Waals surface area (Å²) in [5.41, 5.74) is 2.31. The molecule has 2 aliphatic rings. The molecule has 2 saturated heterocycles. The number of morpholine rings is 1. The highest BCUT2D eigenvalue weighted by molar-refractivity contribution is 5.91. The third-order valence-electron chi connectivity index (χ3n) is 7.34. The molecule has 0 radical (unpaired) electrons. The highest BCUT2D eigenvalue weighted by Gasteiger charge is 2.22. The van der Waals surface area contributed by atoms with Crippen molar-refractivity contribution in [2.75, 3.05) is 52.5 Å². The van der Waals surface area contributed by atoms with E-state index < -0.39 is 6.10 Å². The van der Waals surface area contributed by atoms with Gasteiger partial charge in [0, 0.05) is 25.7 Å². The molecule has 0 saturated carbocycles. The number of carbonyl (C=O) groups excluding carboxylic acids is 1. The lowest BCUT2D eigenvalue weighted by Gasteiger charge is -2.33. The lowest BCUT2D eigenvalue weighted by atomic mass is 9.88. The summed E-state index contributed by atoms with van der Waals surface area (Å²) in [6.07, 6.45) is 5.05. The zero-order valence-corrected chi connectivity index (χ0v) is 21.3. The molecule has 6 nitrogen and oxygen atoms in total. The predicted octanol–water partition coefficient (Wildman–Crippen LogP) is 4.33. The van der Waals surface area contributed by atoms with Crippen LogP contribution in [0.2, 0.25) is 0 Å². The summed E-state index contributed by atoms with van der Waals surface area (Å²) in [6, 6.07) is 23.0. The van der Waals surface area contributed by atoms with Gasteiger partial charge in [-0.05, 0) is 72.0 Å². The van der Waals surface area contributed by atoms with Crippen molar-refractivity contribution in [1.29, 1.82) is 0 Å². The van der Waals surface area contributed by atoms with Crippen molar-refractivity contribution in [3.05, 3.63) is 83.9 Å². The highest BCUT2D eigenvalue weighted by atomic mass is 16.5. The second-order valence-corrected chi connectivity index (χ2v) is 9.99. The van der Waals surface area contributed by atoms with Crippen LogP contribution in [0.5, 0.6) is 5.75 Å². The molecule has 0 bridgehead atoms. The number of hydrogen-bond acceptors (Lipinski definition) is 5. The van der Waals surface area contributed by atoms with Crippen molar-refractivity contribution in [2.24, 2.45) is 0 Å². The summed E-state index contributed by atoms with van der Waals surface area (Å²) in [6.45, 7) is 5.25. The van der Waals surface area contributed by atoms with E-state index >= 15 is 0 Å². The Morgan fingerprint density at radius 1 is 0.973 bits per heavy atom. The van der Waals surface area contributed by atoms with Gasteiger partial charge in [-0.3, -0.25) is 4.79 Å². The molecule has 0 aromatic heterocycles. The van der Waals surface area contributed by atoms with Gasteiger partial charge in [0.1, 0.15) is 18.5 Å². The number of ether oxygens (including phenoxy) is 2. The van der Waals surface area contributed by atoms with Gasteiger partial charge >= 0.3 is 0 Å². The number of nitrogens with zero attached hydrogens (tertiary/aromatic N) is 2. The lowest BCUT2D eigenvalue weighted by Crippen LogP contribution is -2.40. The van der Waals surface area contributed by atoms with Crippen LogP contribution in [-0.2, 0) is 9.53 Å². The van der Waals surface area contributed by atoms with Gasteiger partial charge in [0.15, 0.2) is 0 Å². The van der Waals surface area contributed by atoms with Crippen LogP contribution in [0.1, 0.15) is 29.9 Å². The molecule has 5 rings (SSSR count). The van der Waals surface area contributed by atoms with Crippen LogP contribution in [0.25, 0.3) is 16.8 Å². The average Bonchev–Trinajstić information content (AvgIpc) is 2.95. The van der Waals surface area contributed by atoms with Crippen molar-refractivity contribution < 1.29 is 19.4 Å². The van der Waals surface area contributed by atoms with E-state index in [9.17, 15) is 9.90 Å². The van der Waals surface area contributed by atoms with E-state index in [1.807, 2.05) is 24.3 Å². The van der Waals surface area contributed by atoms with E-state index in [1.54, 1.807) is 17.1 Å². The molecule has 2 aliphatic heterocycles. The van der Waals surface area contributed by atoms with Crippen LogP contribution < -0.4 is 4.74 Å². The normalized spacial score (nSPS) is 18.4. The predicted molar refractivity (Wildman–Crippen MR) is 147 cm³/mol. The number of rotatable bonds is 8. The molecule has 1 amide bonds. The van der Waals surface area contributed by atoms with Crippen LogP contribution >= 0.6 is 0 Å². The van der Waals surface area contributed by atoms with Crippen molar-refractivity contribution in [1.82, 2.24) is 9.80 Å². The van der Waals surface area contributed by atoms with Gasteiger partial charge < -0.3 is 24.4 Å². The number of β-amino-alcohol motifs (C(OH)–C–C–N with tert-alkyl or cyclic N) is 1. The van der Waals surface area contributed by atoms with Gasteiger partial charge in [-0.1, -0.05) is 54.6 Å². The molecule has 37 heavy (non-hydrogen) atoms. The van der Waals surface area contributed by atoms with E-state index in [0.29, 0.717) is 44.5 Å². The minimum atomic E-state index is -0.556. The molecular weight excluding hydrogens is 464 g/mol. The number of likely N-dealkylation sites (tertiary alicyclic amines) is 1. The second kappa shape index (κ2) is 12.4. The molecule has 2 heterocycles. The van der Waals surface area contributed by atoms with Crippen LogP contribution in [0, 0.1) is 0 Å². The van der Waals surface area contributed by atoms with E-state index in [-0.39, 0.29) is 12.5 Å². The Morgan fingerprint density at radius 2 is 1.76 bits per heavy atom. The number of amides is 1. The molecular formula is C31H36N2O4. The quantitative estimate of drug-likeness (QED) is 0.467. The minimum absolute atomic E-state index is 0.00516. The zero-order chi connectivity index (χ0) is 25.5. The van der Waals surface area contributed by atoms with Gasteiger partial charge in [-0.15, -0.1) is 0 Å². The Morgan fingerprint density at radius 3 is 2.57 bits per heavy atom. The van der Waals surface area contributed by atoms with Crippen molar-refractivity contribution in [2.45, 2.75) is 24.9 Å². The van der Waals surface area contributed by atoms with Gasteiger partial charge in [0.25, 0.3) is 0 Å². The molecule has 194 valence electrons. The minimum Gasteiger partial charge on any atom is -0.491 e. The fourth-order valence-corrected chi connectivity index (χ4v) is 5.22. The van der Waals surface area contributed by atoms with Crippen molar-refractivity contribution >= 4 is 22.8 Å². The van der Waals surface area contributed by atoms with Gasteiger partial charge in [-0.25, -0.2) is 0 Å².